The highest BCUT2D eigenvalue weighted by molar-refractivity contribution is 6.04. The van der Waals surface area contributed by atoms with Gasteiger partial charge in [-0.05, 0) is 30.3 Å². The number of hydrogen-bond acceptors (Lipinski definition) is 7. The lowest BCUT2D eigenvalue weighted by atomic mass is 10.1. The average molecular weight is 398 g/mol. The summed E-state index contributed by atoms with van der Waals surface area (Å²) in [7, 11) is 1.43. The van der Waals surface area contributed by atoms with Crippen molar-refractivity contribution in [2.45, 2.75) is 0 Å². The third-order valence-corrected chi connectivity index (χ3v) is 3.80. The van der Waals surface area contributed by atoms with Crippen molar-refractivity contribution in [3.8, 4) is 22.8 Å². The maximum Gasteiger partial charge on any atom is 0.411 e. The van der Waals surface area contributed by atoms with Gasteiger partial charge in [-0.2, -0.15) is 0 Å². The predicted octanol–water partition coefficient (Wildman–Crippen LogP) is 3.15. The van der Waals surface area contributed by atoms with Crippen LogP contribution < -0.4 is 15.4 Å². The number of phenolic OH excluding ortho intramolecular Hbond substituents is 1. The number of benzene rings is 2. The van der Waals surface area contributed by atoms with Crippen LogP contribution in [0.1, 0.15) is 10.4 Å². The van der Waals surface area contributed by atoms with E-state index < -0.39 is 23.6 Å². The van der Waals surface area contributed by atoms with Crippen LogP contribution in [-0.4, -0.2) is 39.5 Å². The number of methoxy groups -OCH3 is 1. The Hall–Kier alpha value is -4.21. The topological polar surface area (TPSA) is 134 Å². The van der Waals surface area contributed by atoms with Crippen molar-refractivity contribution < 1.29 is 28.9 Å². The van der Waals surface area contributed by atoms with Crippen LogP contribution in [0.3, 0.4) is 0 Å². The van der Waals surface area contributed by atoms with E-state index in [1.165, 1.54) is 37.4 Å². The molecule has 10 heteroatoms. The number of anilines is 2. The molecule has 3 aromatic rings. The molecule has 1 heterocycles. The number of amides is 2. The number of rotatable bonds is 5. The highest BCUT2D eigenvalue weighted by Gasteiger charge is 2.15. The van der Waals surface area contributed by atoms with E-state index in [0.29, 0.717) is 28.5 Å². The van der Waals surface area contributed by atoms with Gasteiger partial charge in [0.05, 0.1) is 18.4 Å². The van der Waals surface area contributed by atoms with Crippen LogP contribution in [0.25, 0.3) is 11.3 Å². The van der Waals surface area contributed by atoms with Gasteiger partial charge in [0.15, 0.2) is 5.82 Å². The molecule has 0 spiro atoms. The minimum atomic E-state index is -1.52. The molecule has 0 aliphatic rings. The molecular formula is C19H15FN4O5. The Bertz CT molecular complexity index is 1070. The lowest BCUT2D eigenvalue weighted by molar-refractivity contribution is 0.0945. The molecule has 148 valence electrons. The molecule has 0 saturated carbocycles. The zero-order valence-electron chi connectivity index (χ0n) is 15.0. The van der Waals surface area contributed by atoms with Crippen LogP contribution in [0, 0.1) is 5.82 Å². The first-order chi connectivity index (χ1) is 13.9. The molecule has 3 rings (SSSR count). The third-order valence-electron chi connectivity index (χ3n) is 3.80. The Morgan fingerprint density at radius 1 is 1.07 bits per heavy atom. The van der Waals surface area contributed by atoms with Crippen LogP contribution in [-0.2, 0) is 0 Å². The Labute approximate surface area is 163 Å². The Morgan fingerprint density at radius 2 is 1.86 bits per heavy atom. The van der Waals surface area contributed by atoms with Gasteiger partial charge in [0.1, 0.15) is 17.3 Å². The molecule has 9 nitrogen and oxygen atoms in total. The summed E-state index contributed by atoms with van der Waals surface area (Å²) in [6.45, 7) is 0. The van der Waals surface area contributed by atoms with Gasteiger partial charge in [0.2, 0.25) is 0 Å². The number of halogens is 1. The van der Waals surface area contributed by atoms with Gasteiger partial charge in [0, 0.05) is 23.4 Å². The molecule has 4 N–H and O–H groups in total. The van der Waals surface area contributed by atoms with Crippen LogP contribution in [0.4, 0.5) is 20.7 Å². The van der Waals surface area contributed by atoms with E-state index in [1.54, 1.807) is 23.5 Å². The summed E-state index contributed by atoms with van der Waals surface area (Å²) in [4.78, 5) is 22.2. The van der Waals surface area contributed by atoms with E-state index in [9.17, 15) is 19.1 Å². The van der Waals surface area contributed by atoms with E-state index in [-0.39, 0.29) is 5.56 Å². The van der Waals surface area contributed by atoms with Gasteiger partial charge in [-0.1, -0.05) is 6.07 Å². The number of aromatic nitrogens is 2. The van der Waals surface area contributed by atoms with Crippen molar-refractivity contribution >= 4 is 23.5 Å². The first-order valence-electron chi connectivity index (χ1n) is 8.18. The van der Waals surface area contributed by atoms with Crippen molar-refractivity contribution in [1.82, 2.24) is 15.5 Å². The molecule has 0 saturated heterocycles. The zero-order valence-corrected chi connectivity index (χ0v) is 15.0. The Morgan fingerprint density at radius 3 is 2.48 bits per heavy atom. The molecule has 0 atom stereocenters. The molecule has 2 amide bonds. The first kappa shape index (κ1) is 19.5. The zero-order chi connectivity index (χ0) is 21.0. The smallest absolute Gasteiger partial charge is 0.411 e. The van der Waals surface area contributed by atoms with Crippen molar-refractivity contribution in [1.29, 1.82) is 0 Å². The summed E-state index contributed by atoms with van der Waals surface area (Å²) >= 11 is 0. The maximum absolute atomic E-state index is 13.6. The number of nitrogens with zero attached hydrogens (tertiary/aromatic N) is 2. The largest absolute Gasteiger partial charge is 0.507 e. The summed E-state index contributed by atoms with van der Waals surface area (Å²) in [5.41, 5.74) is 1.09. The van der Waals surface area contributed by atoms with Gasteiger partial charge in [-0.15, -0.1) is 10.2 Å². The minimum absolute atomic E-state index is 0.192. The van der Waals surface area contributed by atoms with E-state index in [1.807, 2.05) is 0 Å². The van der Waals surface area contributed by atoms with E-state index >= 15 is 0 Å². The number of carboxylic acid groups (broad SMARTS) is 1. The second-order valence-corrected chi connectivity index (χ2v) is 5.80. The maximum atomic E-state index is 13.6. The summed E-state index contributed by atoms with van der Waals surface area (Å²) in [5, 5.41) is 31.2. The molecule has 0 fully saturated rings. The fourth-order valence-corrected chi connectivity index (χ4v) is 2.50. The molecule has 0 aliphatic heterocycles. The second-order valence-electron chi connectivity index (χ2n) is 5.80. The standard InChI is InChI=1S/C19H15FN4O5/c1-29-13-8-11(20)7-12(9-13)21-17-5-4-15(23-24-17)10-2-3-14(16(25)6-10)18(26)22-19(27)28/h2-9,25H,1H3,(H,21,24)(H,22,26)(H,27,28). The number of ether oxygens (including phenoxy) is 1. The number of hydrogen-bond donors (Lipinski definition) is 4. The highest BCUT2D eigenvalue weighted by atomic mass is 19.1. The van der Waals surface area contributed by atoms with Gasteiger partial charge < -0.3 is 20.3 Å². The summed E-state index contributed by atoms with van der Waals surface area (Å²) in [5.74, 6) is -1.13. The van der Waals surface area contributed by atoms with Crippen molar-refractivity contribution in [3.63, 3.8) is 0 Å². The van der Waals surface area contributed by atoms with Crippen LogP contribution in [0.5, 0.6) is 11.5 Å². The Kier molecular flexibility index (Phi) is 5.54. The fourth-order valence-electron chi connectivity index (χ4n) is 2.50. The van der Waals surface area contributed by atoms with Crippen LogP contribution in [0.2, 0.25) is 0 Å². The number of carbonyl (C=O) groups excluding carboxylic acids is 1. The molecule has 0 unspecified atom stereocenters. The second kappa shape index (κ2) is 8.21. The Balaban J connectivity index is 1.78. The van der Waals surface area contributed by atoms with Crippen molar-refractivity contribution in [2.24, 2.45) is 0 Å². The molecule has 2 aromatic carbocycles. The van der Waals surface area contributed by atoms with Gasteiger partial charge in [-0.25, -0.2) is 9.18 Å². The molecule has 1 aromatic heterocycles. The first-order valence-corrected chi connectivity index (χ1v) is 8.18. The van der Waals surface area contributed by atoms with Gasteiger partial charge in [0.25, 0.3) is 5.91 Å². The molecule has 0 aliphatic carbocycles. The average Bonchev–Trinajstić information content (AvgIpc) is 2.67. The van der Waals surface area contributed by atoms with E-state index in [0.717, 1.165) is 0 Å². The fraction of sp³-hybridized carbons (Fsp3) is 0.0526. The lowest BCUT2D eigenvalue weighted by Crippen LogP contribution is -2.28. The normalized spacial score (nSPS) is 10.3. The SMILES string of the molecule is COc1cc(F)cc(Nc2ccc(-c3ccc(C(=O)NC(=O)O)c(O)c3)nn2)c1. The molecule has 0 bridgehead atoms. The van der Waals surface area contributed by atoms with Crippen molar-refractivity contribution in [3.05, 3.63) is 59.9 Å². The highest BCUT2D eigenvalue weighted by Crippen LogP contribution is 2.26. The number of imide groups is 1. The van der Waals surface area contributed by atoms with Gasteiger partial charge >= 0.3 is 6.09 Å². The quantitative estimate of drug-likeness (QED) is 0.515. The van der Waals surface area contributed by atoms with E-state index in [4.69, 9.17) is 9.84 Å². The number of nitrogens with one attached hydrogen (secondary N) is 2. The van der Waals surface area contributed by atoms with Crippen LogP contribution >= 0.6 is 0 Å². The molecule has 0 radical (unpaired) electrons. The third kappa shape index (κ3) is 4.75. The minimum Gasteiger partial charge on any atom is -0.507 e. The van der Waals surface area contributed by atoms with Crippen LogP contribution in [0.15, 0.2) is 48.5 Å². The van der Waals surface area contributed by atoms with E-state index in [2.05, 4.69) is 15.5 Å². The predicted molar refractivity (Wildman–Crippen MR) is 101 cm³/mol. The molecule has 29 heavy (non-hydrogen) atoms. The number of carbonyl (C=O) groups is 2. The molecular weight excluding hydrogens is 383 g/mol. The summed E-state index contributed by atoms with van der Waals surface area (Å²) in [6.07, 6.45) is -1.52. The number of aromatic hydroxyl groups is 1. The summed E-state index contributed by atoms with van der Waals surface area (Å²) in [6, 6.07) is 11.4. The monoisotopic (exact) mass is 398 g/mol. The van der Waals surface area contributed by atoms with Crippen molar-refractivity contribution in [2.75, 3.05) is 12.4 Å². The summed E-state index contributed by atoms with van der Waals surface area (Å²) < 4.78 is 18.6. The lowest BCUT2D eigenvalue weighted by Gasteiger charge is -2.09. The number of phenols is 1. The van der Waals surface area contributed by atoms with Gasteiger partial charge in [-0.3, -0.25) is 10.1 Å².